The van der Waals surface area contributed by atoms with Gasteiger partial charge in [-0.1, -0.05) is 63.6 Å². The first-order valence-corrected chi connectivity index (χ1v) is 8.73. The molecule has 0 spiro atoms. The molecule has 0 aromatic heterocycles. The Labute approximate surface area is 144 Å². The Morgan fingerprint density at radius 1 is 1.04 bits per heavy atom. The number of nitrogens with zero attached hydrogens (tertiary/aromatic N) is 1. The molecule has 1 aliphatic heterocycles. The highest BCUT2D eigenvalue weighted by atomic mass is 16.1. The summed E-state index contributed by atoms with van der Waals surface area (Å²) in [4.78, 5) is 13.7. The predicted octanol–water partition coefficient (Wildman–Crippen LogP) is 5.09. The van der Waals surface area contributed by atoms with Gasteiger partial charge in [0.2, 0.25) is 0 Å². The summed E-state index contributed by atoms with van der Waals surface area (Å²) in [5.74, 6) is 0.0537. The molecule has 0 amide bonds. The molecule has 0 bridgehead atoms. The molecule has 2 heteroatoms. The molecule has 1 aliphatic carbocycles. The Morgan fingerprint density at radius 2 is 1.75 bits per heavy atom. The van der Waals surface area contributed by atoms with Crippen LogP contribution in [0.4, 0.5) is 5.69 Å². The van der Waals surface area contributed by atoms with Crippen molar-refractivity contribution in [2.24, 2.45) is 0 Å². The van der Waals surface area contributed by atoms with E-state index in [4.69, 9.17) is 0 Å². The van der Waals surface area contributed by atoms with Crippen molar-refractivity contribution < 1.29 is 4.79 Å². The molecule has 124 valence electrons. The lowest BCUT2D eigenvalue weighted by Gasteiger charge is -2.27. The number of unbranched alkanes of at least 4 members (excludes halogenated alkanes) is 1. The molecule has 1 aromatic rings. The minimum absolute atomic E-state index is 0.0146. The minimum Gasteiger partial charge on any atom is -0.344 e. The van der Waals surface area contributed by atoms with Crippen LogP contribution in [-0.2, 0) is 10.2 Å². The highest BCUT2D eigenvalue weighted by Crippen LogP contribution is 2.47. The fourth-order valence-corrected chi connectivity index (χ4v) is 3.45. The van der Waals surface area contributed by atoms with E-state index in [1.807, 2.05) is 12.2 Å². The van der Waals surface area contributed by atoms with Gasteiger partial charge >= 0.3 is 0 Å². The first-order chi connectivity index (χ1) is 11.5. The van der Waals surface area contributed by atoms with Crippen molar-refractivity contribution in [1.82, 2.24) is 0 Å². The molecule has 1 heterocycles. The number of para-hydroxylation sites is 1. The Kier molecular flexibility index (Phi) is 4.57. The van der Waals surface area contributed by atoms with E-state index < -0.39 is 0 Å². The monoisotopic (exact) mass is 319 g/mol. The van der Waals surface area contributed by atoms with E-state index in [0.29, 0.717) is 0 Å². The lowest BCUT2D eigenvalue weighted by atomic mass is 9.83. The molecule has 0 unspecified atom stereocenters. The van der Waals surface area contributed by atoms with Gasteiger partial charge < -0.3 is 4.90 Å². The second-order valence-corrected chi connectivity index (χ2v) is 6.93. The molecule has 0 atom stereocenters. The van der Waals surface area contributed by atoms with Crippen LogP contribution in [0, 0.1) is 0 Å². The molecule has 3 rings (SSSR count). The van der Waals surface area contributed by atoms with Crippen molar-refractivity contribution in [3.63, 3.8) is 0 Å². The molecule has 0 saturated heterocycles. The summed E-state index contributed by atoms with van der Waals surface area (Å²) in [6.45, 7) is 7.85. The molecule has 0 N–H and O–H groups in total. The van der Waals surface area contributed by atoms with Crippen molar-refractivity contribution >= 4 is 11.5 Å². The number of allylic oxidation sites excluding steroid dienone is 8. The largest absolute Gasteiger partial charge is 0.344 e. The molecular weight excluding hydrogens is 294 g/mol. The average molecular weight is 319 g/mol. The maximum atomic E-state index is 11.3. The van der Waals surface area contributed by atoms with Crippen LogP contribution in [0.5, 0.6) is 0 Å². The maximum Gasteiger partial charge on any atom is 0.178 e. The zero-order valence-corrected chi connectivity index (χ0v) is 14.8. The summed E-state index contributed by atoms with van der Waals surface area (Å²) in [6.07, 6.45) is 13.7. The zero-order chi connectivity index (χ0) is 17.2. The summed E-state index contributed by atoms with van der Waals surface area (Å²) >= 11 is 0. The lowest BCUT2D eigenvalue weighted by molar-refractivity contribution is -0.110. The van der Waals surface area contributed by atoms with Crippen LogP contribution < -0.4 is 4.90 Å². The van der Waals surface area contributed by atoms with E-state index in [-0.39, 0.29) is 11.2 Å². The van der Waals surface area contributed by atoms with Crippen LogP contribution in [0.2, 0.25) is 0 Å². The summed E-state index contributed by atoms with van der Waals surface area (Å²) in [5, 5.41) is 0. The number of anilines is 1. The molecule has 2 aliphatic rings. The van der Waals surface area contributed by atoms with Gasteiger partial charge in [-0.15, -0.1) is 0 Å². The van der Waals surface area contributed by atoms with Gasteiger partial charge in [-0.3, -0.25) is 4.79 Å². The molecule has 0 fully saturated rings. The highest BCUT2D eigenvalue weighted by molar-refractivity contribution is 6.01. The topological polar surface area (TPSA) is 20.3 Å². The number of ketones is 1. The van der Waals surface area contributed by atoms with Crippen molar-refractivity contribution in [2.75, 3.05) is 11.4 Å². The molecule has 24 heavy (non-hydrogen) atoms. The third-order valence-electron chi connectivity index (χ3n) is 4.85. The Hall–Kier alpha value is -2.35. The third-order valence-corrected chi connectivity index (χ3v) is 4.85. The molecule has 1 aromatic carbocycles. The Morgan fingerprint density at radius 3 is 2.46 bits per heavy atom. The minimum atomic E-state index is -0.0146. The van der Waals surface area contributed by atoms with Gasteiger partial charge in [-0.2, -0.15) is 0 Å². The molecular formula is C22H25NO. The van der Waals surface area contributed by atoms with Crippen LogP contribution in [0.15, 0.2) is 72.0 Å². The van der Waals surface area contributed by atoms with Crippen LogP contribution in [0.1, 0.15) is 39.2 Å². The number of carbonyl (C=O) groups excluding carboxylic acids is 1. The number of benzene rings is 1. The number of rotatable bonds is 4. The van der Waals surface area contributed by atoms with E-state index in [2.05, 4.69) is 62.1 Å². The summed E-state index contributed by atoms with van der Waals surface area (Å²) < 4.78 is 0. The van der Waals surface area contributed by atoms with Crippen molar-refractivity contribution in [3.05, 3.63) is 77.6 Å². The molecule has 2 nitrogen and oxygen atoms in total. The smallest absolute Gasteiger partial charge is 0.178 e. The van der Waals surface area contributed by atoms with Gasteiger partial charge in [-0.25, -0.2) is 0 Å². The standard InChI is InChI=1S/C22H25NO/c1-4-5-16-23-20-9-7-6-8-19(20)22(2,3)21(23)15-12-17-10-13-18(24)14-11-17/h6-15H,4-5,16H2,1-3H3/b21-15-. The van der Waals surface area contributed by atoms with Crippen LogP contribution in [0.25, 0.3) is 0 Å². The third kappa shape index (κ3) is 3.01. The van der Waals surface area contributed by atoms with Gasteiger partial charge in [0.1, 0.15) is 0 Å². The van der Waals surface area contributed by atoms with Crippen LogP contribution in [-0.4, -0.2) is 12.3 Å². The fourth-order valence-electron chi connectivity index (χ4n) is 3.45. The zero-order valence-electron chi connectivity index (χ0n) is 14.8. The summed E-state index contributed by atoms with van der Waals surface area (Å²) in [7, 11) is 0. The number of fused-ring (bicyclic) bond motifs is 1. The van der Waals surface area contributed by atoms with Gasteiger partial charge in [0.15, 0.2) is 5.78 Å². The van der Waals surface area contributed by atoms with Crippen molar-refractivity contribution in [3.8, 4) is 0 Å². The second kappa shape index (κ2) is 6.64. The van der Waals surface area contributed by atoms with Crippen LogP contribution in [0.3, 0.4) is 0 Å². The normalized spacial score (nSPS) is 20.0. The number of hydrogen-bond donors (Lipinski definition) is 0. The fraction of sp³-hybridized carbons (Fsp3) is 0.318. The Balaban J connectivity index is 2.00. The van der Waals surface area contributed by atoms with Crippen molar-refractivity contribution in [2.45, 2.75) is 39.0 Å². The SMILES string of the molecule is CCCCN1/C(=C\C=C2C=CC(=O)C=C2)C(C)(C)c2ccccc21. The Bertz CT molecular complexity index is 744. The van der Waals surface area contributed by atoms with Gasteiger partial charge in [0.05, 0.1) is 0 Å². The van der Waals surface area contributed by atoms with E-state index in [0.717, 1.165) is 12.1 Å². The predicted molar refractivity (Wildman–Crippen MR) is 101 cm³/mol. The van der Waals surface area contributed by atoms with E-state index in [1.165, 1.54) is 29.8 Å². The second-order valence-electron chi connectivity index (χ2n) is 6.93. The first kappa shape index (κ1) is 16.5. The van der Waals surface area contributed by atoms with E-state index in [9.17, 15) is 4.79 Å². The number of hydrogen-bond acceptors (Lipinski definition) is 2. The lowest BCUT2D eigenvalue weighted by Crippen LogP contribution is -2.26. The summed E-state index contributed by atoms with van der Waals surface area (Å²) in [5.41, 5.74) is 5.08. The average Bonchev–Trinajstić information content (AvgIpc) is 2.80. The van der Waals surface area contributed by atoms with Gasteiger partial charge in [-0.05, 0) is 41.9 Å². The van der Waals surface area contributed by atoms with Gasteiger partial charge in [0, 0.05) is 23.3 Å². The summed E-state index contributed by atoms with van der Waals surface area (Å²) in [6, 6.07) is 8.70. The maximum absolute atomic E-state index is 11.3. The quantitative estimate of drug-likeness (QED) is 0.770. The highest BCUT2D eigenvalue weighted by Gasteiger charge is 2.39. The van der Waals surface area contributed by atoms with Crippen molar-refractivity contribution in [1.29, 1.82) is 0 Å². The van der Waals surface area contributed by atoms with E-state index >= 15 is 0 Å². The van der Waals surface area contributed by atoms with E-state index in [1.54, 1.807) is 12.2 Å². The van der Waals surface area contributed by atoms with Gasteiger partial charge in [0.25, 0.3) is 0 Å². The van der Waals surface area contributed by atoms with Crippen LogP contribution >= 0.6 is 0 Å². The first-order valence-electron chi connectivity index (χ1n) is 8.73. The number of carbonyl (C=O) groups is 1. The molecule has 0 saturated carbocycles. The molecule has 0 radical (unpaired) electrons.